The van der Waals surface area contributed by atoms with Gasteiger partial charge in [0.15, 0.2) is 11.8 Å². The number of guanidine groups is 1. The quantitative estimate of drug-likeness (QED) is 0.316. The molecule has 1 fully saturated rings. The Labute approximate surface area is 160 Å². The Morgan fingerprint density at radius 2 is 1.92 bits per heavy atom. The number of halogens is 1. The number of nitrogens with one attached hydrogen (secondary N) is 1. The fraction of sp³-hybridized carbons (Fsp3) is 0.600. The molecule has 24 heavy (non-hydrogen) atoms. The van der Waals surface area contributed by atoms with Crippen molar-refractivity contribution in [2.24, 2.45) is 12.0 Å². The smallest absolute Gasteiger partial charge is 0.219 e. The molecule has 134 valence electrons. The standard InChI is InChI=1S/C15H25N7O.HI/c1-5-6-16-15(17-11-14-19-18-12(2)20(14)4)22-9-7-21(8-10-22)13(3)23;/h5H,1,6-11H2,2-4H3,(H,16,17);1H. The minimum atomic E-state index is 0. The van der Waals surface area contributed by atoms with Crippen LogP contribution in [0.3, 0.4) is 0 Å². The lowest BCUT2D eigenvalue weighted by Crippen LogP contribution is -2.53. The Morgan fingerprint density at radius 1 is 1.29 bits per heavy atom. The van der Waals surface area contributed by atoms with Gasteiger partial charge in [-0.05, 0) is 6.92 Å². The van der Waals surface area contributed by atoms with E-state index in [1.165, 1.54) is 0 Å². The summed E-state index contributed by atoms with van der Waals surface area (Å²) >= 11 is 0. The molecule has 1 aliphatic heterocycles. The molecule has 0 aromatic carbocycles. The molecular weight excluding hydrogens is 421 g/mol. The van der Waals surface area contributed by atoms with E-state index < -0.39 is 0 Å². The van der Waals surface area contributed by atoms with E-state index in [0.29, 0.717) is 26.2 Å². The number of rotatable bonds is 4. The highest BCUT2D eigenvalue weighted by Crippen LogP contribution is 2.05. The number of nitrogens with zero attached hydrogens (tertiary/aromatic N) is 6. The molecule has 2 rings (SSSR count). The summed E-state index contributed by atoms with van der Waals surface area (Å²) in [7, 11) is 1.93. The zero-order chi connectivity index (χ0) is 16.8. The fourth-order valence-electron chi connectivity index (χ4n) is 2.40. The summed E-state index contributed by atoms with van der Waals surface area (Å²) in [6.07, 6.45) is 1.80. The van der Waals surface area contributed by atoms with Crippen molar-refractivity contribution in [2.45, 2.75) is 20.4 Å². The SMILES string of the molecule is C=CCNC(=NCc1nnc(C)n1C)N1CCN(C(C)=O)CC1.I. The molecule has 0 radical (unpaired) electrons. The minimum absolute atomic E-state index is 0. The number of piperazine rings is 1. The van der Waals surface area contributed by atoms with E-state index in [-0.39, 0.29) is 29.9 Å². The number of carbonyl (C=O) groups excluding carboxylic acids is 1. The molecule has 1 aromatic heterocycles. The van der Waals surface area contributed by atoms with Crippen LogP contribution in [0.2, 0.25) is 0 Å². The van der Waals surface area contributed by atoms with Gasteiger partial charge >= 0.3 is 0 Å². The molecule has 1 N–H and O–H groups in total. The van der Waals surface area contributed by atoms with Gasteiger partial charge in [-0.2, -0.15) is 0 Å². The Kier molecular flexibility index (Phi) is 8.16. The largest absolute Gasteiger partial charge is 0.353 e. The maximum Gasteiger partial charge on any atom is 0.219 e. The molecule has 1 saturated heterocycles. The molecule has 1 amide bonds. The van der Waals surface area contributed by atoms with E-state index in [2.05, 4.69) is 32.0 Å². The molecule has 0 unspecified atom stereocenters. The van der Waals surface area contributed by atoms with Crippen molar-refractivity contribution in [3.05, 3.63) is 24.3 Å². The summed E-state index contributed by atoms with van der Waals surface area (Å²) in [6.45, 7) is 11.3. The third-order valence-electron chi connectivity index (χ3n) is 3.98. The van der Waals surface area contributed by atoms with E-state index >= 15 is 0 Å². The van der Waals surface area contributed by atoms with Crippen molar-refractivity contribution in [3.63, 3.8) is 0 Å². The maximum atomic E-state index is 11.4. The highest BCUT2D eigenvalue weighted by atomic mass is 127. The molecule has 0 spiro atoms. The van der Waals surface area contributed by atoms with E-state index in [0.717, 1.165) is 30.7 Å². The van der Waals surface area contributed by atoms with Crippen LogP contribution in [0.15, 0.2) is 17.6 Å². The van der Waals surface area contributed by atoms with E-state index in [9.17, 15) is 4.79 Å². The number of hydrogen-bond donors (Lipinski definition) is 1. The van der Waals surface area contributed by atoms with Crippen LogP contribution in [0.5, 0.6) is 0 Å². The van der Waals surface area contributed by atoms with Crippen molar-refractivity contribution in [1.29, 1.82) is 0 Å². The Hall–Kier alpha value is -1.65. The molecule has 8 nitrogen and oxygen atoms in total. The van der Waals surface area contributed by atoms with Crippen LogP contribution >= 0.6 is 24.0 Å². The lowest BCUT2D eigenvalue weighted by atomic mass is 10.3. The van der Waals surface area contributed by atoms with E-state index in [4.69, 9.17) is 0 Å². The van der Waals surface area contributed by atoms with Gasteiger partial charge in [0.1, 0.15) is 12.4 Å². The second-order valence-electron chi connectivity index (χ2n) is 5.52. The fourth-order valence-corrected chi connectivity index (χ4v) is 2.40. The predicted molar refractivity (Wildman–Crippen MR) is 104 cm³/mol. The number of aryl methyl sites for hydroxylation is 1. The highest BCUT2D eigenvalue weighted by Gasteiger charge is 2.21. The number of amides is 1. The summed E-state index contributed by atoms with van der Waals surface area (Å²) < 4.78 is 1.93. The van der Waals surface area contributed by atoms with Gasteiger partial charge in [0.2, 0.25) is 5.91 Å². The Balaban J connectivity index is 0.00000288. The molecular formula is C15H26IN7O. The number of aromatic nitrogens is 3. The van der Waals surface area contributed by atoms with Gasteiger partial charge < -0.3 is 19.7 Å². The van der Waals surface area contributed by atoms with Crippen LogP contribution in [0.25, 0.3) is 0 Å². The predicted octanol–water partition coefficient (Wildman–Crippen LogP) is 0.537. The van der Waals surface area contributed by atoms with Crippen LogP contribution in [0, 0.1) is 6.92 Å². The summed E-state index contributed by atoms with van der Waals surface area (Å²) in [5.41, 5.74) is 0. The van der Waals surface area contributed by atoms with Gasteiger partial charge in [-0.1, -0.05) is 6.08 Å². The molecule has 0 bridgehead atoms. The van der Waals surface area contributed by atoms with Crippen LogP contribution in [-0.4, -0.2) is 69.2 Å². The zero-order valence-corrected chi connectivity index (χ0v) is 16.9. The molecule has 0 atom stereocenters. The van der Waals surface area contributed by atoms with Gasteiger partial charge in [0, 0.05) is 46.7 Å². The summed E-state index contributed by atoms with van der Waals surface area (Å²) in [6, 6.07) is 0. The second-order valence-corrected chi connectivity index (χ2v) is 5.52. The number of carbonyl (C=O) groups is 1. The first kappa shape index (κ1) is 20.4. The lowest BCUT2D eigenvalue weighted by Gasteiger charge is -2.36. The van der Waals surface area contributed by atoms with Crippen LogP contribution in [-0.2, 0) is 18.4 Å². The number of aliphatic imine (C=N–C) groups is 1. The average molecular weight is 447 g/mol. The second kappa shape index (κ2) is 9.60. The van der Waals surface area contributed by atoms with Gasteiger partial charge in [-0.25, -0.2) is 4.99 Å². The van der Waals surface area contributed by atoms with Gasteiger partial charge in [-0.15, -0.1) is 40.8 Å². The summed E-state index contributed by atoms with van der Waals surface area (Å²) in [4.78, 5) is 20.1. The first-order valence-electron chi connectivity index (χ1n) is 7.77. The normalized spacial score (nSPS) is 15.0. The topological polar surface area (TPSA) is 78.7 Å². The third-order valence-corrected chi connectivity index (χ3v) is 3.98. The maximum absolute atomic E-state index is 11.4. The van der Waals surface area contributed by atoms with Gasteiger partial charge in [0.05, 0.1) is 0 Å². The van der Waals surface area contributed by atoms with Crippen molar-refractivity contribution < 1.29 is 4.79 Å². The molecule has 1 aromatic rings. The first-order chi connectivity index (χ1) is 11.0. The van der Waals surface area contributed by atoms with Crippen molar-refractivity contribution in [2.75, 3.05) is 32.7 Å². The summed E-state index contributed by atoms with van der Waals surface area (Å²) in [5, 5.41) is 11.5. The van der Waals surface area contributed by atoms with E-state index in [1.54, 1.807) is 13.0 Å². The third kappa shape index (κ3) is 5.18. The Morgan fingerprint density at radius 3 is 2.42 bits per heavy atom. The summed E-state index contributed by atoms with van der Waals surface area (Å²) in [5.74, 6) is 2.62. The van der Waals surface area contributed by atoms with Crippen LogP contribution < -0.4 is 5.32 Å². The zero-order valence-electron chi connectivity index (χ0n) is 14.5. The molecule has 0 saturated carbocycles. The monoisotopic (exact) mass is 447 g/mol. The molecule has 2 heterocycles. The highest BCUT2D eigenvalue weighted by molar-refractivity contribution is 14.0. The minimum Gasteiger partial charge on any atom is -0.353 e. The Bertz CT molecular complexity index is 591. The van der Waals surface area contributed by atoms with Gasteiger partial charge in [0.25, 0.3) is 0 Å². The van der Waals surface area contributed by atoms with Crippen molar-refractivity contribution >= 4 is 35.8 Å². The van der Waals surface area contributed by atoms with E-state index in [1.807, 2.05) is 23.4 Å². The van der Waals surface area contributed by atoms with Crippen molar-refractivity contribution in [3.8, 4) is 0 Å². The van der Waals surface area contributed by atoms with Crippen LogP contribution in [0.1, 0.15) is 18.6 Å². The number of hydrogen-bond acceptors (Lipinski definition) is 4. The average Bonchev–Trinajstić information content (AvgIpc) is 2.87. The first-order valence-corrected chi connectivity index (χ1v) is 7.77. The molecule has 0 aliphatic carbocycles. The lowest BCUT2D eigenvalue weighted by molar-refractivity contribution is -0.130. The molecule has 1 aliphatic rings. The van der Waals surface area contributed by atoms with Crippen LogP contribution in [0.4, 0.5) is 0 Å². The van der Waals surface area contributed by atoms with Gasteiger partial charge in [-0.3, -0.25) is 4.79 Å². The van der Waals surface area contributed by atoms with Crippen molar-refractivity contribution in [1.82, 2.24) is 29.9 Å². The molecule has 9 heteroatoms.